The van der Waals surface area contributed by atoms with Gasteiger partial charge >= 0.3 is 0 Å². The van der Waals surface area contributed by atoms with Crippen molar-refractivity contribution in [2.24, 2.45) is 0 Å². The number of hydrogen-bond donors (Lipinski definition) is 0. The van der Waals surface area contributed by atoms with Crippen LogP contribution in [-0.2, 0) is 6.54 Å². The monoisotopic (exact) mass is 382 g/mol. The molecule has 0 bridgehead atoms. The van der Waals surface area contributed by atoms with E-state index < -0.39 is 0 Å². The molecule has 0 radical (unpaired) electrons. The predicted molar refractivity (Wildman–Crippen MR) is 89.3 cm³/mol. The lowest BCUT2D eigenvalue weighted by atomic mass is 10.2. The average Bonchev–Trinajstić information content (AvgIpc) is 2.45. The Morgan fingerprint density at radius 1 is 1.14 bits per heavy atom. The van der Waals surface area contributed by atoms with Crippen molar-refractivity contribution in [3.8, 4) is 0 Å². The van der Waals surface area contributed by atoms with Crippen molar-refractivity contribution < 1.29 is 0 Å². The van der Waals surface area contributed by atoms with Gasteiger partial charge in [0.05, 0.1) is 23.8 Å². The molecule has 0 N–H and O–H groups in total. The maximum absolute atomic E-state index is 12.5. The Morgan fingerprint density at radius 2 is 1.86 bits per heavy atom. The molecule has 3 rings (SSSR count). The van der Waals surface area contributed by atoms with E-state index >= 15 is 0 Å². The standard InChI is InChI=1S/C15H9BrCl2N2O/c16-9-4-5-10-14(6-9)19-8-20(15(10)21)7-11-12(17)2-1-3-13(11)18/h1-6,8H,7H2. The van der Waals surface area contributed by atoms with Gasteiger partial charge in [-0.1, -0.05) is 45.2 Å². The number of rotatable bonds is 2. The number of aromatic nitrogens is 2. The largest absolute Gasteiger partial charge is 0.294 e. The summed E-state index contributed by atoms with van der Waals surface area (Å²) in [5, 5.41) is 1.62. The van der Waals surface area contributed by atoms with Gasteiger partial charge in [0.2, 0.25) is 0 Å². The predicted octanol–water partition coefficient (Wildman–Crippen LogP) is 4.51. The minimum atomic E-state index is -0.122. The van der Waals surface area contributed by atoms with Crippen LogP contribution in [0.4, 0.5) is 0 Å². The van der Waals surface area contributed by atoms with Gasteiger partial charge in [0, 0.05) is 20.1 Å². The second-order valence-electron chi connectivity index (χ2n) is 4.54. The zero-order chi connectivity index (χ0) is 15.0. The summed E-state index contributed by atoms with van der Waals surface area (Å²) in [5.41, 5.74) is 1.24. The van der Waals surface area contributed by atoms with Crippen molar-refractivity contribution in [2.75, 3.05) is 0 Å². The quantitative estimate of drug-likeness (QED) is 0.652. The van der Waals surface area contributed by atoms with E-state index in [0.29, 0.717) is 26.5 Å². The Labute approximate surface area is 139 Å². The van der Waals surface area contributed by atoms with Gasteiger partial charge in [-0.05, 0) is 30.3 Å². The number of hydrogen-bond acceptors (Lipinski definition) is 2. The third-order valence-corrected chi connectivity index (χ3v) is 4.38. The minimum Gasteiger partial charge on any atom is -0.294 e. The molecule has 6 heteroatoms. The van der Waals surface area contributed by atoms with Gasteiger partial charge in [0.25, 0.3) is 5.56 Å². The summed E-state index contributed by atoms with van der Waals surface area (Å²) in [6.45, 7) is 0.288. The van der Waals surface area contributed by atoms with Crippen LogP contribution in [0.15, 0.2) is 52.0 Å². The van der Waals surface area contributed by atoms with Crippen molar-refractivity contribution in [1.29, 1.82) is 0 Å². The first-order chi connectivity index (χ1) is 10.1. The second kappa shape index (κ2) is 5.79. The van der Waals surface area contributed by atoms with Crippen LogP contribution < -0.4 is 5.56 Å². The van der Waals surface area contributed by atoms with E-state index in [1.165, 1.54) is 10.9 Å². The lowest BCUT2D eigenvalue weighted by molar-refractivity contribution is 0.748. The maximum atomic E-state index is 12.5. The highest BCUT2D eigenvalue weighted by Crippen LogP contribution is 2.25. The highest BCUT2D eigenvalue weighted by Gasteiger charge is 2.09. The van der Waals surface area contributed by atoms with Crippen LogP contribution >= 0.6 is 39.1 Å². The van der Waals surface area contributed by atoms with Gasteiger partial charge in [0.15, 0.2) is 0 Å². The fourth-order valence-electron chi connectivity index (χ4n) is 2.10. The summed E-state index contributed by atoms with van der Waals surface area (Å²) < 4.78 is 2.39. The molecule has 0 amide bonds. The summed E-state index contributed by atoms with van der Waals surface area (Å²) >= 11 is 15.7. The average molecular weight is 384 g/mol. The van der Waals surface area contributed by atoms with E-state index in [1.54, 1.807) is 24.3 Å². The highest BCUT2D eigenvalue weighted by molar-refractivity contribution is 9.10. The molecular weight excluding hydrogens is 375 g/mol. The number of nitrogens with zero attached hydrogens (tertiary/aromatic N) is 2. The Hall–Kier alpha value is -1.36. The minimum absolute atomic E-state index is 0.122. The zero-order valence-corrected chi connectivity index (χ0v) is 13.8. The summed E-state index contributed by atoms with van der Waals surface area (Å²) in [4.78, 5) is 16.8. The fraction of sp³-hybridized carbons (Fsp3) is 0.0667. The van der Waals surface area contributed by atoms with Gasteiger partial charge in [-0.15, -0.1) is 0 Å². The first-order valence-corrected chi connectivity index (χ1v) is 7.69. The lowest BCUT2D eigenvalue weighted by Gasteiger charge is -2.10. The molecule has 2 aromatic carbocycles. The third kappa shape index (κ3) is 2.84. The van der Waals surface area contributed by atoms with Crippen molar-refractivity contribution in [3.63, 3.8) is 0 Å². The summed E-state index contributed by atoms with van der Waals surface area (Å²) in [6, 6.07) is 10.6. The number of fused-ring (bicyclic) bond motifs is 1. The van der Waals surface area contributed by atoms with E-state index in [-0.39, 0.29) is 12.1 Å². The van der Waals surface area contributed by atoms with Crippen LogP contribution in [0, 0.1) is 0 Å². The molecule has 1 heterocycles. The molecular formula is C15H9BrCl2N2O. The van der Waals surface area contributed by atoms with Crippen molar-refractivity contribution in [2.45, 2.75) is 6.54 Å². The summed E-state index contributed by atoms with van der Waals surface area (Å²) in [7, 11) is 0. The van der Waals surface area contributed by atoms with Crippen LogP contribution in [0.25, 0.3) is 10.9 Å². The maximum Gasteiger partial charge on any atom is 0.261 e. The van der Waals surface area contributed by atoms with Crippen molar-refractivity contribution in [3.05, 3.63) is 73.2 Å². The summed E-state index contributed by atoms with van der Waals surface area (Å²) in [5.74, 6) is 0. The smallest absolute Gasteiger partial charge is 0.261 e. The molecule has 0 saturated carbocycles. The third-order valence-electron chi connectivity index (χ3n) is 3.18. The molecule has 3 aromatic rings. The van der Waals surface area contributed by atoms with Gasteiger partial charge in [-0.3, -0.25) is 9.36 Å². The second-order valence-corrected chi connectivity index (χ2v) is 6.27. The summed E-state index contributed by atoms with van der Waals surface area (Å²) in [6.07, 6.45) is 1.51. The Kier molecular flexibility index (Phi) is 4.02. The first kappa shape index (κ1) is 14.6. The van der Waals surface area contributed by atoms with Gasteiger partial charge in [0.1, 0.15) is 0 Å². The Balaban J connectivity index is 2.12. The highest BCUT2D eigenvalue weighted by atomic mass is 79.9. The van der Waals surface area contributed by atoms with Crippen LogP contribution in [0.2, 0.25) is 10.0 Å². The molecule has 0 spiro atoms. The molecule has 106 valence electrons. The Bertz CT molecular complexity index is 872. The van der Waals surface area contributed by atoms with Crippen LogP contribution in [-0.4, -0.2) is 9.55 Å². The zero-order valence-electron chi connectivity index (χ0n) is 10.7. The fourth-order valence-corrected chi connectivity index (χ4v) is 2.96. The van der Waals surface area contributed by atoms with E-state index in [1.807, 2.05) is 12.1 Å². The van der Waals surface area contributed by atoms with Crippen molar-refractivity contribution in [1.82, 2.24) is 9.55 Å². The van der Waals surface area contributed by atoms with Gasteiger partial charge < -0.3 is 0 Å². The van der Waals surface area contributed by atoms with E-state index in [2.05, 4.69) is 20.9 Å². The molecule has 0 fully saturated rings. The molecule has 0 unspecified atom stereocenters. The molecule has 0 aliphatic carbocycles. The van der Waals surface area contributed by atoms with Crippen LogP contribution in [0.5, 0.6) is 0 Å². The van der Waals surface area contributed by atoms with Gasteiger partial charge in [-0.2, -0.15) is 0 Å². The van der Waals surface area contributed by atoms with E-state index in [0.717, 1.165) is 4.47 Å². The molecule has 0 saturated heterocycles. The van der Waals surface area contributed by atoms with Crippen LogP contribution in [0.1, 0.15) is 5.56 Å². The lowest BCUT2D eigenvalue weighted by Crippen LogP contribution is -2.21. The molecule has 21 heavy (non-hydrogen) atoms. The van der Waals surface area contributed by atoms with E-state index in [4.69, 9.17) is 23.2 Å². The van der Waals surface area contributed by atoms with Crippen LogP contribution in [0.3, 0.4) is 0 Å². The number of halogens is 3. The van der Waals surface area contributed by atoms with Gasteiger partial charge in [-0.25, -0.2) is 4.98 Å². The normalized spacial score (nSPS) is 11.0. The van der Waals surface area contributed by atoms with E-state index in [9.17, 15) is 4.79 Å². The molecule has 3 nitrogen and oxygen atoms in total. The SMILES string of the molecule is O=c1c2ccc(Br)cc2ncn1Cc1c(Cl)cccc1Cl. The first-order valence-electron chi connectivity index (χ1n) is 6.14. The Morgan fingerprint density at radius 3 is 2.57 bits per heavy atom. The molecule has 1 aromatic heterocycles. The topological polar surface area (TPSA) is 34.9 Å². The van der Waals surface area contributed by atoms with Crippen molar-refractivity contribution >= 4 is 50.0 Å². The number of benzene rings is 2. The molecule has 0 aliphatic rings. The molecule has 0 atom stereocenters. The molecule has 0 aliphatic heterocycles.